The molecule has 3 heterocycles. The molecule has 4 heteroatoms. The second-order valence-corrected chi connectivity index (χ2v) is 15.8. The molecular weight excluding hydrogens is 753 g/mol. The Kier molecular flexibility index (Phi) is 8.46. The topological polar surface area (TPSA) is 35.6 Å². The van der Waals surface area contributed by atoms with Gasteiger partial charge in [-0.15, -0.1) is 0 Å². The molecule has 0 saturated heterocycles. The first-order chi connectivity index (χ1) is 30.8. The Hall–Kier alpha value is -8.34. The maximum atomic E-state index is 5.37. The van der Waals surface area contributed by atoms with Gasteiger partial charge in [0.05, 0.1) is 39.1 Å². The van der Waals surface area contributed by atoms with Crippen molar-refractivity contribution in [1.82, 2.24) is 19.1 Å². The van der Waals surface area contributed by atoms with Crippen molar-refractivity contribution in [2.24, 2.45) is 0 Å². The molecule has 0 aliphatic carbocycles. The molecule has 0 atom stereocenters. The van der Waals surface area contributed by atoms with E-state index in [2.05, 4.69) is 215 Å². The summed E-state index contributed by atoms with van der Waals surface area (Å²) in [6, 6.07) is 82.3. The Labute approximate surface area is 359 Å². The molecule has 12 aromatic rings. The number of fused-ring (bicyclic) bond motifs is 6. The van der Waals surface area contributed by atoms with Crippen LogP contribution in [0.3, 0.4) is 0 Å². The second kappa shape index (κ2) is 14.7. The fourth-order valence-electron chi connectivity index (χ4n) is 9.31. The van der Waals surface area contributed by atoms with Gasteiger partial charge >= 0.3 is 0 Å². The average molecular weight is 791 g/mol. The minimum atomic E-state index is 0.688. The van der Waals surface area contributed by atoms with Crippen LogP contribution >= 0.6 is 0 Å². The van der Waals surface area contributed by atoms with Gasteiger partial charge in [-0.05, 0) is 71.3 Å². The number of hydrogen-bond acceptors (Lipinski definition) is 2. The smallest absolute Gasteiger partial charge is 0.160 e. The third-order valence-electron chi connectivity index (χ3n) is 12.1. The molecule has 0 aliphatic rings. The SMILES string of the molecule is c1ccc(-c2cc(-c3cc(-c4ccccc4)c(-n4c5ccccc5c5cc(-n6c7ccccc7c7ccccc76)ccc54)cc3-c3ccccc3)nc(-c3ccccc3)n2)cc1. The van der Waals surface area contributed by atoms with Gasteiger partial charge in [-0.3, -0.25) is 0 Å². The lowest BCUT2D eigenvalue weighted by atomic mass is 9.91. The van der Waals surface area contributed by atoms with E-state index in [4.69, 9.17) is 9.97 Å². The van der Waals surface area contributed by atoms with E-state index in [0.29, 0.717) is 5.82 Å². The zero-order valence-corrected chi connectivity index (χ0v) is 33.7. The highest BCUT2D eigenvalue weighted by atomic mass is 15.0. The average Bonchev–Trinajstić information content (AvgIpc) is 3.87. The van der Waals surface area contributed by atoms with Crippen molar-refractivity contribution in [3.8, 4) is 67.5 Å². The number of para-hydroxylation sites is 3. The van der Waals surface area contributed by atoms with E-state index >= 15 is 0 Å². The molecule has 9 aromatic carbocycles. The molecule has 12 rings (SSSR count). The Balaban J connectivity index is 1.15. The number of nitrogens with zero attached hydrogens (tertiary/aromatic N) is 4. The van der Waals surface area contributed by atoms with Gasteiger partial charge in [0.1, 0.15) is 0 Å². The fourth-order valence-corrected chi connectivity index (χ4v) is 9.31. The monoisotopic (exact) mass is 790 g/mol. The summed E-state index contributed by atoms with van der Waals surface area (Å²) in [5, 5.41) is 4.90. The van der Waals surface area contributed by atoms with Gasteiger partial charge in [-0.2, -0.15) is 0 Å². The molecule has 62 heavy (non-hydrogen) atoms. The summed E-state index contributed by atoms with van der Waals surface area (Å²) in [7, 11) is 0. The molecule has 0 N–H and O–H groups in total. The summed E-state index contributed by atoms with van der Waals surface area (Å²) in [5.41, 5.74) is 16.1. The van der Waals surface area contributed by atoms with Crippen molar-refractivity contribution in [3.63, 3.8) is 0 Å². The van der Waals surface area contributed by atoms with Crippen LogP contribution in [0.15, 0.2) is 231 Å². The lowest BCUT2D eigenvalue weighted by Gasteiger charge is -2.20. The molecule has 0 fully saturated rings. The Morgan fingerprint density at radius 1 is 0.274 bits per heavy atom. The van der Waals surface area contributed by atoms with Gasteiger partial charge in [0.2, 0.25) is 0 Å². The zero-order valence-electron chi connectivity index (χ0n) is 33.7. The molecule has 290 valence electrons. The predicted molar refractivity (Wildman–Crippen MR) is 258 cm³/mol. The summed E-state index contributed by atoms with van der Waals surface area (Å²) < 4.78 is 4.87. The van der Waals surface area contributed by atoms with Crippen molar-refractivity contribution in [2.45, 2.75) is 0 Å². The molecule has 4 nitrogen and oxygen atoms in total. The molecule has 0 unspecified atom stereocenters. The van der Waals surface area contributed by atoms with Gasteiger partial charge < -0.3 is 9.13 Å². The molecule has 3 aromatic heterocycles. The lowest BCUT2D eigenvalue weighted by Crippen LogP contribution is -2.02. The van der Waals surface area contributed by atoms with Crippen molar-refractivity contribution in [2.75, 3.05) is 0 Å². The molecule has 0 spiro atoms. The highest BCUT2D eigenvalue weighted by Crippen LogP contribution is 2.44. The molecule has 0 amide bonds. The van der Waals surface area contributed by atoms with Crippen molar-refractivity contribution in [1.29, 1.82) is 0 Å². The van der Waals surface area contributed by atoms with Crippen LogP contribution in [0.1, 0.15) is 0 Å². The highest BCUT2D eigenvalue weighted by Gasteiger charge is 2.22. The van der Waals surface area contributed by atoms with Crippen LogP contribution in [0.5, 0.6) is 0 Å². The van der Waals surface area contributed by atoms with E-state index in [-0.39, 0.29) is 0 Å². The second-order valence-electron chi connectivity index (χ2n) is 15.8. The first kappa shape index (κ1) is 35.6. The number of aromatic nitrogens is 4. The molecule has 0 aliphatic heterocycles. The lowest BCUT2D eigenvalue weighted by molar-refractivity contribution is 1.16. The third-order valence-corrected chi connectivity index (χ3v) is 12.1. The van der Waals surface area contributed by atoms with Crippen molar-refractivity contribution in [3.05, 3.63) is 231 Å². The summed E-state index contributed by atoms with van der Waals surface area (Å²) in [4.78, 5) is 10.5. The number of hydrogen-bond donors (Lipinski definition) is 0. The first-order valence-electron chi connectivity index (χ1n) is 21.1. The van der Waals surface area contributed by atoms with Gasteiger partial charge in [-0.25, -0.2) is 9.97 Å². The quantitative estimate of drug-likeness (QED) is 0.161. The zero-order chi connectivity index (χ0) is 41.0. The standard InChI is InChI=1S/C58H38N4/c1-5-19-39(20-6-1)47-37-57(48(40-21-7-2-8-22-40)36-49(47)52-38-51(41-23-9-3-10-24-41)59-58(60-52)42-25-11-4-12-26-42)62-55-32-18-15-29-46(55)50-35-43(33-34-56(50)62)61-53-30-16-13-27-44(53)45-28-14-17-31-54(45)61/h1-38H. The largest absolute Gasteiger partial charge is 0.309 e. The van der Waals surface area contributed by atoms with E-state index < -0.39 is 0 Å². The van der Waals surface area contributed by atoms with Crippen LogP contribution in [0.2, 0.25) is 0 Å². The third kappa shape index (κ3) is 5.92. The first-order valence-corrected chi connectivity index (χ1v) is 21.1. The maximum absolute atomic E-state index is 5.37. The Bertz CT molecular complexity index is 3500. The van der Waals surface area contributed by atoms with Crippen molar-refractivity contribution >= 4 is 43.6 Å². The predicted octanol–water partition coefficient (Wildman–Crippen LogP) is 15.0. The number of rotatable bonds is 7. The maximum Gasteiger partial charge on any atom is 0.160 e. The van der Waals surface area contributed by atoms with Gasteiger partial charge in [0.25, 0.3) is 0 Å². The van der Waals surface area contributed by atoms with E-state index in [1.165, 1.54) is 32.6 Å². The Morgan fingerprint density at radius 2 is 0.726 bits per heavy atom. The summed E-state index contributed by atoms with van der Waals surface area (Å²) >= 11 is 0. The van der Waals surface area contributed by atoms with E-state index in [1.807, 2.05) is 24.3 Å². The molecule has 0 saturated carbocycles. The minimum Gasteiger partial charge on any atom is -0.309 e. The summed E-state index contributed by atoms with van der Waals surface area (Å²) in [6.45, 7) is 0. The van der Waals surface area contributed by atoms with Crippen LogP contribution in [0.4, 0.5) is 0 Å². The van der Waals surface area contributed by atoms with Crippen LogP contribution in [0.25, 0.3) is 111 Å². The van der Waals surface area contributed by atoms with Gasteiger partial charge in [0, 0.05) is 49.5 Å². The van der Waals surface area contributed by atoms with Crippen LogP contribution in [-0.4, -0.2) is 19.1 Å². The highest BCUT2D eigenvalue weighted by molar-refractivity contribution is 6.13. The molecule has 0 radical (unpaired) electrons. The van der Waals surface area contributed by atoms with Crippen LogP contribution in [-0.2, 0) is 0 Å². The normalized spacial score (nSPS) is 11.5. The van der Waals surface area contributed by atoms with Crippen molar-refractivity contribution < 1.29 is 0 Å². The Morgan fingerprint density at radius 3 is 1.32 bits per heavy atom. The number of benzene rings is 9. The summed E-state index contributed by atoms with van der Waals surface area (Å²) in [6.07, 6.45) is 0. The summed E-state index contributed by atoms with van der Waals surface area (Å²) in [5.74, 6) is 0.688. The van der Waals surface area contributed by atoms with Crippen LogP contribution < -0.4 is 0 Å². The molecule has 0 bridgehead atoms. The molecular formula is C58H38N4. The minimum absolute atomic E-state index is 0.688. The van der Waals surface area contributed by atoms with Gasteiger partial charge in [0.15, 0.2) is 5.82 Å². The van der Waals surface area contributed by atoms with E-state index in [1.54, 1.807) is 0 Å². The van der Waals surface area contributed by atoms with Crippen LogP contribution in [0, 0.1) is 0 Å². The van der Waals surface area contributed by atoms with E-state index in [0.717, 1.165) is 72.7 Å². The van der Waals surface area contributed by atoms with Gasteiger partial charge in [-0.1, -0.05) is 176 Å². The van der Waals surface area contributed by atoms with E-state index in [9.17, 15) is 0 Å². The fraction of sp³-hybridized carbons (Fsp3) is 0.